The SMILES string of the molecule is O=[PH+]O.O=[PH+][O-].[Na+]. The van der Waals surface area contributed by atoms with Gasteiger partial charge in [0, 0.05) is 0 Å². The summed E-state index contributed by atoms with van der Waals surface area (Å²) < 4.78 is 16.9. The molecule has 0 aromatic heterocycles. The topological polar surface area (TPSA) is 77.4 Å². The van der Waals surface area contributed by atoms with E-state index in [4.69, 9.17) is 18.9 Å². The van der Waals surface area contributed by atoms with Crippen molar-refractivity contribution < 1.29 is 48.5 Å². The summed E-state index contributed by atoms with van der Waals surface area (Å²) in [6, 6.07) is 0. The van der Waals surface area contributed by atoms with Crippen molar-refractivity contribution in [1.82, 2.24) is 0 Å². The van der Waals surface area contributed by atoms with Crippen molar-refractivity contribution in [3.05, 3.63) is 0 Å². The molecule has 36 valence electrons. The third kappa shape index (κ3) is 149. The normalized spacial score (nSPS) is 6.00. The molecular formula is H3NaO4P2+2. The van der Waals surface area contributed by atoms with Gasteiger partial charge in [-0.25, -0.2) is 0 Å². The van der Waals surface area contributed by atoms with Gasteiger partial charge in [0.15, 0.2) is 0 Å². The van der Waals surface area contributed by atoms with Gasteiger partial charge >= 0.3 is 38.2 Å². The fourth-order valence-corrected chi connectivity index (χ4v) is 0. The van der Waals surface area contributed by atoms with E-state index in [0.717, 1.165) is 0 Å². The average molecular weight is 152 g/mol. The van der Waals surface area contributed by atoms with Crippen molar-refractivity contribution in [2.24, 2.45) is 0 Å². The Labute approximate surface area is 65.8 Å². The Hall–Kier alpha value is 1.12. The maximum atomic E-state index is 8.51. The largest absolute Gasteiger partial charge is 1.00 e. The van der Waals surface area contributed by atoms with Gasteiger partial charge in [0.1, 0.15) is 0 Å². The summed E-state index contributed by atoms with van der Waals surface area (Å²) in [5.41, 5.74) is 0. The van der Waals surface area contributed by atoms with E-state index >= 15 is 0 Å². The number of hydrogen-bond donors (Lipinski definition) is 1. The van der Waals surface area contributed by atoms with Crippen LogP contribution in [-0.2, 0) is 9.13 Å². The van der Waals surface area contributed by atoms with Crippen LogP contribution in [0.3, 0.4) is 0 Å². The summed E-state index contributed by atoms with van der Waals surface area (Å²) in [6.07, 6.45) is 0. The molecule has 0 aromatic rings. The number of hydrogen-bond acceptors (Lipinski definition) is 3. The average Bonchev–Trinajstić information content (AvgIpc) is 1.39. The minimum Gasteiger partial charge on any atom is -0.597 e. The molecule has 0 aliphatic carbocycles. The van der Waals surface area contributed by atoms with E-state index in [2.05, 4.69) is 0 Å². The van der Waals surface area contributed by atoms with Crippen LogP contribution in [0.25, 0.3) is 0 Å². The molecule has 1 N–H and O–H groups in total. The van der Waals surface area contributed by atoms with Gasteiger partial charge in [-0.15, -0.1) is 0 Å². The molecule has 0 spiro atoms. The van der Waals surface area contributed by atoms with Gasteiger partial charge in [0.25, 0.3) is 8.69 Å². The standard InChI is InChI=1S/Na.2HO2P/c;2*1-3-2/h;2*3H/q+1;;/p+1. The second kappa shape index (κ2) is 27.4. The summed E-state index contributed by atoms with van der Waals surface area (Å²) in [5.74, 6) is 0. The molecule has 0 bridgehead atoms. The molecule has 0 saturated heterocycles. The van der Waals surface area contributed by atoms with Crippen LogP contribution in [0.4, 0.5) is 0 Å². The van der Waals surface area contributed by atoms with E-state index in [1.807, 2.05) is 0 Å². The Morgan fingerprint density at radius 2 is 1.43 bits per heavy atom. The van der Waals surface area contributed by atoms with Gasteiger partial charge in [-0.2, -0.15) is 4.89 Å². The Morgan fingerprint density at radius 3 is 1.43 bits per heavy atom. The summed E-state index contributed by atoms with van der Waals surface area (Å²) in [4.78, 5) is 15.4. The molecule has 0 fully saturated rings. The van der Waals surface area contributed by atoms with Crippen LogP contribution in [-0.4, -0.2) is 4.89 Å². The molecule has 7 heteroatoms. The quantitative estimate of drug-likeness (QED) is 0.285. The van der Waals surface area contributed by atoms with Gasteiger partial charge < -0.3 is 4.89 Å². The molecule has 7 heavy (non-hydrogen) atoms. The molecule has 4 nitrogen and oxygen atoms in total. The van der Waals surface area contributed by atoms with Gasteiger partial charge in [-0.3, -0.25) is 0 Å². The Kier molecular flexibility index (Phi) is 61.5. The molecule has 0 radical (unpaired) electrons. The Morgan fingerprint density at radius 1 is 1.43 bits per heavy atom. The van der Waals surface area contributed by atoms with Crippen LogP contribution in [0, 0.1) is 0 Å². The van der Waals surface area contributed by atoms with Crippen molar-refractivity contribution in [3.63, 3.8) is 0 Å². The molecule has 0 aromatic carbocycles. The molecule has 0 aliphatic heterocycles. The monoisotopic (exact) mass is 152 g/mol. The van der Waals surface area contributed by atoms with Crippen LogP contribution in [0.15, 0.2) is 0 Å². The first-order valence-corrected chi connectivity index (χ1v) is 2.51. The van der Waals surface area contributed by atoms with Crippen molar-refractivity contribution in [1.29, 1.82) is 0 Å². The van der Waals surface area contributed by atoms with E-state index < -0.39 is 17.4 Å². The minimum atomic E-state index is -1.42. The predicted molar refractivity (Wildman–Crippen MR) is 20.2 cm³/mol. The fraction of sp³-hybridized carbons (Fsp3) is 0. The molecule has 0 aliphatic rings. The van der Waals surface area contributed by atoms with Gasteiger partial charge in [0.05, 0.1) is 0 Å². The summed E-state index contributed by atoms with van der Waals surface area (Å²) in [7, 11) is -2.58. The van der Waals surface area contributed by atoms with Gasteiger partial charge in [-0.05, 0) is 4.57 Å². The van der Waals surface area contributed by atoms with E-state index in [9.17, 15) is 0 Å². The van der Waals surface area contributed by atoms with Crippen molar-refractivity contribution in [3.8, 4) is 0 Å². The van der Waals surface area contributed by atoms with Crippen molar-refractivity contribution in [2.75, 3.05) is 0 Å². The second-order valence-electron chi connectivity index (χ2n) is 0.175. The zero-order valence-electron chi connectivity index (χ0n) is 3.67. The molecule has 0 rings (SSSR count). The van der Waals surface area contributed by atoms with Gasteiger partial charge in [-0.1, -0.05) is 4.57 Å². The maximum Gasteiger partial charge on any atom is 1.00 e. The third-order valence-corrected chi connectivity index (χ3v) is 0. The van der Waals surface area contributed by atoms with E-state index in [0.29, 0.717) is 0 Å². The molecule has 2 unspecified atom stereocenters. The van der Waals surface area contributed by atoms with Gasteiger partial charge in [0.2, 0.25) is 0 Å². The zero-order valence-corrected chi connectivity index (χ0v) is 7.67. The predicted octanol–water partition coefficient (Wildman–Crippen LogP) is -3.79. The molecular weight excluding hydrogens is 149 g/mol. The summed E-state index contributed by atoms with van der Waals surface area (Å²) >= 11 is 0. The number of rotatable bonds is 0. The summed E-state index contributed by atoms with van der Waals surface area (Å²) in [6.45, 7) is 0. The maximum absolute atomic E-state index is 8.51. The van der Waals surface area contributed by atoms with Crippen LogP contribution in [0.1, 0.15) is 0 Å². The minimum absolute atomic E-state index is 0. The first-order valence-electron chi connectivity index (χ1n) is 0.836. The smallest absolute Gasteiger partial charge is 0.597 e. The van der Waals surface area contributed by atoms with Crippen molar-refractivity contribution in [2.45, 2.75) is 0 Å². The van der Waals surface area contributed by atoms with Crippen LogP contribution < -0.4 is 34.5 Å². The molecule has 0 saturated carbocycles. The first kappa shape index (κ1) is 15.7. The van der Waals surface area contributed by atoms with Crippen molar-refractivity contribution >= 4 is 17.4 Å². The van der Waals surface area contributed by atoms with E-state index in [-0.39, 0.29) is 29.6 Å². The third-order valence-electron chi connectivity index (χ3n) is 0. The molecule has 0 heterocycles. The second-order valence-corrected chi connectivity index (χ2v) is 0.524. The molecule has 2 atom stereocenters. The van der Waals surface area contributed by atoms with E-state index in [1.54, 1.807) is 0 Å². The first-order chi connectivity index (χ1) is 2.83. The Bertz CT molecular complexity index is 30.7. The van der Waals surface area contributed by atoms with E-state index in [1.165, 1.54) is 0 Å². The summed E-state index contributed by atoms with van der Waals surface area (Å²) in [5, 5.41) is 0. The van der Waals surface area contributed by atoms with Crippen LogP contribution in [0.2, 0.25) is 0 Å². The fourth-order valence-electron chi connectivity index (χ4n) is 0. The molecule has 0 amide bonds. The van der Waals surface area contributed by atoms with Crippen LogP contribution in [0.5, 0.6) is 0 Å². The zero-order chi connectivity index (χ0) is 5.41. The Balaban J connectivity index is -0.0000000400. The van der Waals surface area contributed by atoms with Crippen LogP contribution >= 0.6 is 17.4 Å².